The maximum absolute atomic E-state index is 12.1. The summed E-state index contributed by atoms with van der Waals surface area (Å²) < 4.78 is 0. The van der Waals surface area contributed by atoms with Gasteiger partial charge in [-0.25, -0.2) is 4.79 Å². The van der Waals surface area contributed by atoms with Crippen LogP contribution in [0, 0.1) is 5.92 Å². The number of amides is 2. The maximum atomic E-state index is 12.1. The normalized spacial score (nSPS) is 20.1. The van der Waals surface area contributed by atoms with Gasteiger partial charge in [0.1, 0.15) is 0 Å². The Kier molecular flexibility index (Phi) is 7.92. The Hall–Kier alpha value is -0.810. The van der Waals surface area contributed by atoms with Gasteiger partial charge in [0.05, 0.1) is 6.61 Å². The SMILES string of the molecule is CCCN(CCO)C(=O)NCC1CCCN(C(C)C)C1. The molecule has 1 heterocycles. The van der Waals surface area contributed by atoms with Crippen molar-refractivity contribution in [3.63, 3.8) is 0 Å². The van der Waals surface area contributed by atoms with Crippen molar-refractivity contribution in [3.05, 3.63) is 0 Å². The fourth-order valence-electron chi connectivity index (χ4n) is 2.78. The lowest BCUT2D eigenvalue weighted by atomic mass is 9.97. The van der Waals surface area contributed by atoms with Crippen molar-refractivity contribution in [1.82, 2.24) is 15.1 Å². The summed E-state index contributed by atoms with van der Waals surface area (Å²) in [5.41, 5.74) is 0. The van der Waals surface area contributed by atoms with Crippen molar-refractivity contribution in [3.8, 4) is 0 Å². The van der Waals surface area contributed by atoms with Crippen LogP contribution in [0.5, 0.6) is 0 Å². The molecule has 20 heavy (non-hydrogen) atoms. The number of piperidine rings is 1. The van der Waals surface area contributed by atoms with Crippen LogP contribution in [0.25, 0.3) is 0 Å². The number of nitrogens with zero attached hydrogens (tertiary/aromatic N) is 2. The van der Waals surface area contributed by atoms with Gasteiger partial charge in [0, 0.05) is 32.2 Å². The molecular weight excluding hydrogens is 254 g/mol. The fourth-order valence-corrected chi connectivity index (χ4v) is 2.78. The van der Waals surface area contributed by atoms with E-state index in [0.717, 1.165) is 19.5 Å². The summed E-state index contributed by atoms with van der Waals surface area (Å²) in [6, 6.07) is 0.544. The molecule has 1 aliphatic heterocycles. The highest BCUT2D eigenvalue weighted by Gasteiger charge is 2.22. The van der Waals surface area contributed by atoms with Gasteiger partial charge in [0.15, 0.2) is 0 Å². The molecule has 2 N–H and O–H groups in total. The largest absolute Gasteiger partial charge is 0.395 e. The third kappa shape index (κ3) is 5.67. The van der Waals surface area contributed by atoms with Gasteiger partial charge in [-0.1, -0.05) is 6.92 Å². The zero-order valence-corrected chi connectivity index (χ0v) is 13.3. The molecule has 1 saturated heterocycles. The van der Waals surface area contributed by atoms with Gasteiger partial charge >= 0.3 is 6.03 Å². The zero-order chi connectivity index (χ0) is 15.0. The van der Waals surface area contributed by atoms with E-state index in [1.165, 1.54) is 19.4 Å². The highest BCUT2D eigenvalue weighted by Crippen LogP contribution is 2.17. The van der Waals surface area contributed by atoms with Gasteiger partial charge in [-0.05, 0) is 45.6 Å². The van der Waals surface area contributed by atoms with Crippen molar-refractivity contribution in [2.45, 2.75) is 46.1 Å². The molecule has 0 aromatic rings. The first-order valence-corrected chi connectivity index (χ1v) is 7.96. The summed E-state index contributed by atoms with van der Waals surface area (Å²) in [7, 11) is 0. The van der Waals surface area contributed by atoms with E-state index < -0.39 is 0 Å². The number of rotatable bonds is 7. The van der Waals surface area contributed by atoms with Gasteiger partial charge in [-0.3, -0.25) is 0 Å². The first-order valence-electron chi connectivity index (χ1n) is 7.96. The number of likely N-dealkylation sites (tertiary alicyclic amines) is 1. The highest BCUT2D eigenvalue weighted by molar-refractivity contribution is 5.74. The predicted octanol–water partition coefficient (Wildman–Crippen LogP) is 1.52. The molecule has 1 atom stereocenters. The number of hydrogen-bond acceptors (Lipinski definition) is 3. The van der Waals surface area contributed by atoms with Crippen LogP contribution in [-0.4, -0.2) is 66.3 Å². The van der Waals surface area contributed by atoms with Gasteiger partial charge < -0.3 is 20.2 Å². The molecule has 1 rings (SSSR count). The van der Waals surface area contributed by atoms with E-state index in [2.05, 4.69) is 24.1 Å². The molecule has 0 aromatic carbocycles. The van der Waals surface area contributed by atoms with Crippen LogP contribution in [0.3, 0.4) is 0 Å². The van der Waals surface area contributed by atoms with Gasteiger partial charge in [0.2, 0.25) is 0 Å². The lowest BCUT2D eigenvalue weighted by Crippen LogP contribution is -2.47. The van der Waals surface area contributed by atoms with Crippen LogP contribution >= 0.6 is 0 Å². The van der Waals surface area contributed by atoms with Crippen molar-refractivity contribution in [2.75, 3.05) is 39.3 Å². The second kappa shape index (κ2) is 9.19. The molecule has 118 valence electrons. The lowest BCUT2D eigenvalue weighted by Gasteiger charge is -2.35. The lowest BCUT2D eigenvalue weighted by molar-refractivity contribution is 0.135. The minimum absolute atomic E-state index is 0.0258. The van der Waals surface area contributed by atoms with Crippen LogP contribution in [0.1, 0.15) is 40.0 Å². The number of aliphatic hydroxyl groups excluding tert-OH is 1. The Labute approximate surface area is 123 Å². The molecule has 1 aliphatic rings. The van der Waals surface area contributed by atoms with E-state index in [1.54, 1.807) is 4.90 Å². The minimum atomic E-state index is -0.0393. The summed E-state index contributed by atoms with van der Waals surface area (Å²) in [4.78, 5) is 16.3. The van der Waals surface area contributed by atoms with E-state index in [1.807, 2.05) is 6.92 Å². The molecule has 0 saturated carbocycles. The van der Waals surface area contributed by atoms with Gasteiger partial charge in [-0.15, -0.1) is 0 Å². The quantitative estimate of drug-likeness (QED) is 0.746. The average Bonchev–Trinajstić information content (AvgIpc) is 2.45. The number of urea groups is 1. The van der Waals surface area contributed by atoms with E-state index in [-0.39, 0.29) is 12.6 Å². The molecule has 0 bridgehead atoms. The van der Waals surface area contributed by atoms with Gasteiger partial charge in [0.25, 0.3) is 0 Å². The summed E-state index contributed by atoms with van der Waals surface area (Å²) in [6.45, 7) is 10.6. The third-order valence-corrected chi connectivity index (χ3v) is 3.97. The first-order chi connectivity index (χ1) is 9.58. The number of aliphatic hydroxyl groups is 1. The Morgan fingerprint density at radius 1 is 1.45 bits per heavy atom. The first kappa shape index (κ1) is 17.2. The van der Waals surface area contributed by atoms with Crippen molar-refractivity contribution in [1.29, 1.82) is 0 Å². The molecule has 1 fully saturated rings. The summed E-state index contributed by atoms with van der Waals surface area (Å²) in [5, 5.41) is 12.0. The zero-order valence-electron chi connectivity index (χ0n) is 13.3. The predicted molar refractivity (Wildman–Crippen MR) is 81.8 cm³/mol. The van der Waals surface area contributed by atoms with E-state index >= 15 is 0 Å². The molecule has 1 unspecified atom stereocenters. The monoisotopic (exact) mass is 285 g/mol. The number of carbonyl (C=O) groups excluding carboxylic acids is 1. The Balaban J connectivity index is 2.35. The maximum Gasteiger partial charge on any atom is 0.317 e. The summed E-state index contributed by atoms with van der Waals surface area (Å²) >= 11 is 0. The van der Waals surface area contributed by atoms with E-state index in [0.29, 0.717) is 25.0 Å². The Bertz CT molecular complexity index is 278. The number of hydrogen-bond donors (Lipinski definition) is 2. The second-order valence-electron chi connectivity index (χ2n) is 5.99. The number of carbonyl (C=O) groups is 1. The summed E-state index contributed by atoms with van der Waals surface area (Å²) in [5.74, 6) is 0.549. The molecule has 0 spiro atoms. The fraction of sp³-hybridized carbons (Fsp3) is 0.933. The second-order valence-corrected chi connectivity index (χ2v) is 5.99. The smallest absolute Gasteiger partial charge is 0.317 e. The van der Waals surface area contributed by atoms with Crippen LogP contribution in [0.4, 0.5) is 4.79 Å². The Morgan fingerprint density at radius 3 is 2.80 bits per heavy atom. The van der Waals surface area contributed by atoms with Crippen molar-refractivity contribution < 1.29 is 9.90 Å². The molecule has 0 radical (unpaired) electrons. The molecular formula is C15H31N3O2. The van der Waals surface area contributed by atoms with Crippen LogP contribution in [-0.2, 0) is 0 Å². The van der Waals surface area contributed by atoms with Crippen molar-refractivity contribution in [2.24, 2.45) is 5.92 Å². The van der Waals surface area contributed by atoms with Crippen LogP contribution in [0.15, 0.2) is 0 Å². The molecule has 2 amide bonds. The standard InChI is InChI=1S/C15H31N3O2/c1-4-7-17(9-10-19)15(20)16-11-14-6-5-8-18(12-14)13(2)3/h13-14,19H,4-12H2,1-3H3,(H,16,20). The van der Waals surface area contributed by atoms with Crippen LogP contribution in [0.2, 0.25) is 0 Å². The third-order valence-electron chi connectivity index (χ3n) is 3.97. The molecule has 0 aliphatic carbocycles. The van der Waals surface area contributed by atoms with Gasteiger partial charge in [-0.2, -0.15) is 0 Å². The molecule has 5 nitrogen and oxygen atoms in total. The minimum Gasteiger partial charge on any atom is -0.395 e. The van der Waals surface area contributed by atoms with E-state index in [4.69, 9.17) is 5.11 Å². The summed E-state index contributed by atoms with van der Waals surface area (Å²) in [6.07, 6.45) is 3.32. The highest BCUT2D eigenvalue weighted by atomic mass is 16.3. The van der Waals surface area contributed by atoms with Crippen molar-refractivity contribution >= 4 is 6.03 Å². The molecule has 5 heteroatoms. The molecule has 0 aromatic heterocycles. The van der Waals surface area contributed by atoms with Crippen LogP contribution < -0.4 is 5.32 Å². The average molecular weight is 285 g/mol. The van der Waals surface area contributed by atoms with E-state index in [9.17, 15) is 4.79 Å². The Morgan fingerprint density at radius 2 is 2.20 bits per heavy atom. The number of nitrogens with one attached hydrogen (secondary N) is 1. The topological polar surface area (TPSA) is 55.8 Å².